The van der Waals surface area contributed by atoms with E-state index in [1.165, 1.54) is 11.8 Å². The van der Waals surface area contributed by atoms with Gasteiger partial charge in [0.25, 0.3) is 0 Å². The van der Waals surface area contributed by atoms with Crippen molar-refractivity contribution in [2.45, 2.75) is 16.4 Å². The summed E-state index contributed by atoms with van der Waals surface area (Å²) in [6, 6.07) is 22.8. The lowest BCUT2D eigenvalue weighted by atomic mass is 10.1. The molecule has 0 unspecified atom stereocenters. The van der Waals surface area contributed by atoms with Gasteiger partial charge in [-0.15, -0.1) is 0 Å². The number of benzene rings is 2. The summed E-state index contributed by atoms with van der Waals surface area (Å²) in [4.78, 5) is 29.0. The van der Waals surface area contributed by atoms with Gasteiger partial charge in [0, 0.05) is 19.3 Å². The molecule has 0 amide bonds. The maximum absolute atomic E-state index is 11.7. The molecule has 2 N–H and O–H groups in total. The zero-order valence-corrected chi connectivity index (χ0v) is 19.5. The maximum atomic E-state index is 11.7. The van der Waals surface area contributed by atoms with Gasteiger partial charge >= 0.3 is 11.9 Å². The Hall–Kier alpha value is -3.82. The summed E-state index contributed by atoms with van der Waals surface area (Å²) in [5.41, 5.74) is 0.702. The van der Waals surface area contributed by atoms with Crippen LogP contribution in [-0.4, -0.2) is 57.8 Å². The lowest BCUT2D eigenvalue weighted by molar-refractivity contribution is -0.137. The van der Waals surface area contributed by atoms with Crippen LogP contribution in [0.5, 0.6) is 11.5 Å². The van der Waals surface area contributed by atoms with Gasteiger partial charge in [-0.1, -0.05) is 60.3 Å². The van der Waals surface area contributed by atoms with Crippen LogP contribution < -0.4 is 4.74 Å². The van der Waals surface area contributed by atoms with E-state index < -0.39 is 18.0 Å². The first-order valence-electron chi connectivity index (χ1n) is 11.0. The molecule has 180 valence electrons. The Morgan fingerprint density at radius 2 is 1.77 bits per heavy atom. The van der Waals surface area contributed by atoms with Crippen molar-refractivity contribution < 1.29 is 29.3 Å². The van der Waals surface area contributed by atoms with Crippen molar-refractivity contribution in [3.8, 4) is 11.5 Å². The molecule has 1 saturated heterocycles. The number of carboxylic acids is 2. The Balaban J connectivity index is 1.63. The maximum Gasteiger partial charge on any atom is 0.352 e. The van der Waals surface area contributed by atoms with Crippen molar-refractivity contribution >= 4 is 23.7 Å². The highest BCUT2D eigenvalue weighted by atomic mass is 32.2. The monoisotopic (exact) mass is 492 g/mol. The standard InChI is InChI=1S/C26H24N2O6S/c29-23(30)16-20(26(31)32)28-14-15-33-22(17-28)24(18-8-3-1-4-9-18)35-25-21(12-7-13-27-25)34-19-10-5-2-6-11-19/h1-13,16,22,24H,14-15,17H2,(H,29,30)(H,31,32)/b20-16-/t22-,24-/m0/s1. The van der Waals surface area contributed by atoms with Crippen LogP contribution in [0.15, 0.2) is 95.8 Å². The summed E-state index contributed by atoms with van der Waals surface area (Å²) in [6.07, 6.45) is 1.98. The van der Waals surface area contributed by atoms with Crippen molar-refractivity contribution in [3.05, 3.63) is 96.3 Å². The first kappa shape index (κ1) is 24.3. The van der Waals surface area contributed by atoms with E-state index in [0.29, 0.717) is 16.5 Å². The first-order valence-corrected chi connectivity index (χ1v) is 11.8. The fourth-order valence-electron chi connectivity index (χ4n) is 3.76. The zero-order valence-electron chi connectivity index (χ0n) is 18.7. The molecule has 1 aliphatic rings. The van der Waals surface area contributed by atoms with E-state index >= 15 is 0 Å². The Morgan fingerprint density at radius 1 is 1.06 bits per heavy atom. The van der Waals surface area contributed by atoms with Crippen molar-refractivity contribution in [1.82, 2.24) is 9.88 Å². The molecule has 1 aliphatic heterocycles. The first-order chi connectivity index (χ1) is 17.0. The molecule has 0 radical (unpaired) electrons. The molecule has 1 fully saturated rings. The van der Waals surface area contributed by atoms with Gasteiger partial charge in [0.1, 0.15) is 16.5 Å². The number of aromatic nitrogens is 1. The van der Waals surface area contributed by atoms with Gasteiger partial charge in [0.2, 0.25) is 0 Å². The molecular formula is C26H24N2O6S. The lowest BCUT2D eigenvalue weighted by Gasteiger charge is -2.38. The highest BCUT2D eigenvalue weighted by Gasteiger charge is 2.33. The van der Waals surface area contributed by atoms with E-state index in [2.05, 4.69) is 4.98 Å². The Kier molecular flexibility index (Phi) is 8.02. The molecule has 9 heteroatoms. The number of thioether (sulfide) groups is 1. The number of ether oxygens (including phenoxy) is 2. The predicted octanol–water partition coefficient (Wildman–Crippen LogP) is 4.46. The average molecular weight is 493 g/mol. The van der Waals surface area contributed by atoms with Crippen molar-refractivity contribution in [1.29, 1.82) is 0 Å². The molecule has 2 aromatic carbocycles. The van der Waals surface area contributed by atoms with E-state index in [1.54, 1.807) is 17.2 Å². The summed E-state index contributed by atoms with van der Waals surface area (Å²) in [7, 11) is 0. The van der Waals surface area contributed by atoms with E-state index in [-0.39, 0.29) is 30.6 Å². The Bertz CT molecular complexity index is 1190. The van der Waals surface area contributed by atoms with Crippen LogP contribution in [0.25, 0.3) is 0 Å². The highest BCUT2D eigenvalue weighted by molar-refractivity contribution is 7.99. The molecule has 35 heavy (non-hydrogen) atoms. The number of nitrogens with zero attached hydrogens (tertiary/aromatic N) is 2. The van der Waals surface area contributed by atoms with Gasteiger partial charge in [0.15, 0.2) is 5.75 Å². The number of rotatable bonds is 9. The topological polar surface area (TPSA) is 109 Å². The zero-order chi connectivity index (χ0) is 24.6. The lowest BCUT2D eigenvalue weighted by Crippen LogP contribution is -2.45. The predicted molar refractivity (Wildman–Crippen MR) is 130 cm³/mol. The summed E-state index contributed by atoms with van der Waals surface area (Å²) in [6.45, 7) is 0.744. The second kappa shape index (κ2) is 11.5. The summed E-state index contributed by atoms with van der Waals surface area (Å²) in [5, 5.41) is 19.1. The molecule has 0 bridgehead atoms. The van der Waals surface area contributed by atoms with Gasteiger partial charge in [-0.05, 0) is 29.8 Å². The molecule has 1 aromatic heterocycles. The third-order valence-corrected chi connectivity index (χ3v) is 6.68. The number of carbonyl (C=O) groups is 2. The largest absolute Gasteiger partial charge is 0.478 e. The number of aliphatic carboxylic acids is 2. The van der Waals surface area contributed by atoms with Gasteiger partial charge in [-0.3, -0.25) is 0 Å². The minimum absolute atomic E-state index is 0.208. The molecule has 0 aliphatic carbocycles. The number of pyridine rings is 1. The third kappa shape index (κ3) is 6.40. The number of para-hydroxylation sites is 1. The molecule has 0 spiro atoms. The summed E-state index contributed by atoms with van der Waals surface area (Å²) in [5.74, 6) is -1.33. The van der Waals surface area contributed by atoms with E-state index in [0.717, 1.165) is 11.6 Å². The third-order valence-electron chi connectivity index (χ3n) is 5.33. The van der Waals surface area contributed by atoms with Crippen LogP contribution >= 0.6 is 11.8 Å². The number of morpholine rings is 1. The van der Waals surface area contributed by atoms with Crippen molar-refractivity contribution in [2.24, 2.45) is 0 Å². The molecular weight excluding hydrogens is 468 g/mol. The SMILES string of the molecule is O=C(O)/C=C(/C(=O)O)N1CCO[C@H]([C@@H](Sc2ncccc2Oc2ccccc2)c2ccccc2)C1. The van der Waals surface area contributed by atoms with Crippen LogP contribution in [0.4, 0.5) is 0 Å². The number of carboxylic acid groups (broad SMARTS) is 2. The van der Waals surface area contributed by atoms with E-state index in [9.17, 15) is 14.7 Å². The highest BCUT2D eigenvalue weighted by Crippen LogP contribution is 2.43. The molecule has 2 heterocycles. The molecule has 0 saturated carbocycles. The van der Waals surface area contributed by atoms with E-state index in [1.807, 2.05) is 66.7 Å². The Morgan fingerprint density at radius 3 is 2.46 bits per heavy atom. The van der Waals surface area contributed by atoms with Gasteiger partial charge < -0.3 is 24.6 Å². The number of hydrogen-bond donors (Lipinski definition) is 2. The van der Waals surface area contributed by atoms with E-state index in [4.69, 9.17) is 14.6 Å². The van der Waals surface area contributed by atoms with Crippen molar-refractivity contribution in [3.63, 3.8) is 0 Å². The second-order valence-corrected chi connectivity index (χ2v) is 8.83. The quantitative estimate of drug-likeness (QED) is 0.330. The van der Waals surface area contributed by atoms with Crippen LogP contribution in [0.1, 0.15) is 10.8 Å². The van der Waals surface area contributed by atoms with Gasteiger partial charge in [0.05, 0.1) is 24.0 Å². The van der Waals surface area contributed by atoms with Crippen molar-refractivity contribution in [2.75, 3.05) is 19.7 Å². The molecule has 2 atom stereocenters. The van der Waals surface area contributed by atoms with Crippen LogP contribution in [0, 0.1) is 0 Å². The van der Waals surface area contributed by atoms with Gasteiger partial charge in [-0.25, -0.2) is 14.6 Å². The van der Waals surface area contributed by atoms with Crippen LogP contribution in [0.2, 0.25) is 0 Å². The van der Waals surface area contributed by atoms with Crippen LogP contribution in [0.3, 0.4) is 0 Å². The molecule has 4 rings (SSSR count). The summed E-state index contributed by atoms with van der Waals surface area (Å²) >= 11 is 1.46. The molecule has 8 nitrogen and oxygen atoms in total. The van der Waals surface area contributed by atoms with Gasteiger partial charge in [-0.2, -0.15) is 0 Å². The minimum Gasteiger partial charge on any atom is -0.478 e. The summed E-state index contributed by atoms with van der Waals surface area (Å²) < 4.78 is 12.2. The Labute approximate surface area is 206 Å². The van der Waals surface area contributed by atoms with Crippen LogP contribution in [-0.2, 0) is 14.3 Å². The fourth-order valence-corrected chi connectivity index (χ4v) is 4.96. The number of hydrogen-bond acceptors (Lipinski definition) is 7. The molecule has 3 aromatic rings. The minimum atomic E-state index is -1.31. The smallest absolute Gasteiger partial charge is 0.352 e. The average Bonchev–Trinajstić information content (AvgIpc) is 2.87. The normalized spacial score (nSPS) is 17.0. The fraction of sp³-hybridized carbons (Fsp3) is 0.192. The second-order valence-electron chi connectivity index (χ2n) is 7.70.